The zero-order valence-corrected chi connectivity index (χ0v) is 12.5. The van der Waals surface area contributed by atoms with Gasteiger partial charge in [0.25, 0.3) is 0 Å². The van der Waals surface area contributed by atoms with Crippen LogP contribution in [0.1, 0.15) is 36.5 Å². The summed E-state index contributed by atoms with van der Waals surface area (Å²) in [5.41, 5.74) is 1.19. The molecule has 0 saturated heterocycles. The lowest BCUT2D eigenvalue weighted by Gasteiger charge is -2.66. The smallest absolute Gasteiger partial charge is 0.309 e. The van der Waals surface area contributed by atoms with E-state index < -0.39 is 11.4 Å². The minimum absolute atomic E-state index is 0.137. The molecule has 2 aromatic rings. The molecular weight excluding hydrogens is 282 g/mol. The lowest BCUT2D eigenvalue weighted by atomic mass is 9.35. The minimum Gasteiger partial charge on any atom is -0.481 e. The summed E-state index contributed by atoms with van der Waals surface area (Å²) in [4.78, 5) is 20.3. The first-order chi connectivity index (χ1) is 10.4. The molecule has 2 heterocycles. The number of H-pyrrole nitrogens is 1. The highest BCUT2D eigenvalue weighted by atomic mass is 16.4. The second-order valence-electron chi connectivity index (χ2n) is 6.68. The Bertz CT molecular complexity index is 762. The van der Waals surface area contributed by atoms with Crippen molar-refractivity contribution in [1.82, 2.24) is 20.2 Å². The van der Waals surface area contributed by atoms with Crippen LogP contribution in [0.3, 0.4) is 0 Å². The van der Waals surface area contributed by atoms with Gasteiger partial charge in [0.05, 0.1) is 5.41 Å². The van der Waals surface area contributed by atoms with Crippen molar-refractivity contribution in [1.29, 1.82) is 0 Å². The molecule has 5 rings (SSSR count). The monoisotopic (exact) mass is 299 g/mol. The van der Waals surface area contributed by atoms with Gasteiger partial charge in [-0.15, -0.1) is 0 Å². The van der Waals surface area contributed by atoms with Gasteiger partial charge >= 0.3 is 5.97 Å². The Balaban J connectivity index is 1.59. The average Bonchev–Trinajstić information content (AvgIpc) is 2.69. The summed E-state index contributed by atoms with van der Waals surface area (Å²) in [6.07, 6.45) is 1.96. The van der Waals surface area contributed by atoms with E-state index in [1.165, 1.54) is 0 Å². The third-order valence-corrected chi connectivity index (χ3v) is 4.77. The van der Waals surface area contributed by atoms with Crippen LogP contribution in [0.5, 0.6) is 0 Å². The van der Waals surface area contributed by atoms with E-state index in [1.807, 2.05) is 26.0 Å². The first kappa shape index (κ1) is 13.2. The number of aliphatic carboxylic acids is 1. The van der Waals surface area contributed by atoms with Crippen LogP contribution in [0.2, 0.25) is 0 Å². The number of nitrogens with one attached hydrogen (secondary N) is 2. The van der Waals surface area contributed by atoms with Crippen LogP contribution in [0.4, 0.5) is 11.6 Å². The summed E-state index contributed by atoms with van der Waals surface area (Å²) in [7, 11) is 0. The lowest BCUT2D eigenvalue weighted by Crippen LogP contribution is -2.68. The Morgan fingerprint density at radius 3 is 2.55 bits per heavy atom. The zero-order chi connectivity index (χ0) is 15.5. The van der Waals surface area contributed by atoms with Gasteiger partial charge in [0.15, 0.2) is 5.82 Å². The quantitative estimate of drug-likeness (QED) is 0.798. The van der Waals surface area contributed by atoms with E-state index in [0.29, 0.717) is 30.9 Å². The van der Waals surface area contributed by atoms with Gasteiger partial charge in [-0.3, -0.25) is 9.89 Å². The van der Waals surface area contributed by atoms with E-state index in [9.17, 15) is 9.90 Å². The molecule has 114 valence electrons. The van der Waals surface area contributed by atoms with Crippen LogP contribution in [0.15, 0.2) is 12.1 Å². The van der Waals surface area contributed by atoms with Crippen molar-refractivity contribution in [2.75, 3.05) is 5.32 Å². The molecule has 0 aliphatic heterocycles. The number of carboxylic acids is 1. The number of nitrogens with zero attached hydrogens (tertiary/aromatic N) is 3. The van der Waals surface area contributed by atoms with Crippen LogP contribution in [-0.4, -0.2) is 31.2 Å². The molecule has 2 aromatic heterocycles. The first-order valence-corrected chi connectivity index (χ1v) is 7.30. The zero-order valence-electron chi connectivity index (χ0n) is 12.5. The molecule has 3 fully saturated rings. The fraction of sp³-hybridized carbons (Fsp3) is 0.467. The Labute approximate surface area is 127 Å². The maximum atomic E-state index is 11.2. The molecule has 3 aliphatic carbocycles. The molecule has 0 amide bonds. The topological polar surface area (TPSA) is 104 Å². The van der Waals surface area contributed by atoms with E-state index in [2.05, 4.69) is 25.5 Å². The highest BCUT2D eigenvalue weighted by molar-refractivity contribution is 5.80. The number of aromatic amines is 1. The molecule has 7 nitrogen and oxygen atoms in total. The molecule has 22 heavy (non-hydrogen) atoms. The van der Waals surface area contributed by atoms with Crippen molar-refractivity contribution in [2.24, 2.45) is 5.41 Å². The molecule has 7 heteroatoms. The fourth-order valence-corrected chi connectivity index (χ4v) is 3.73. The van der Waals surface area contributed by atoms with Crippen molar-refractivity contribution in [3.63, 3.8) is 0 Å². The van der Waals surface area contributed by atoms with Gasteiger partial charge in [-0.2, -0.15) is 5.10 Å². The van der Waals surface area contributed by atoms with Gasteiger partial charge in [0, 0.05) is 28.9 Å². The molecule has 0 atom stereocenters. The fourth-order valence-electron chi connectivity index (χ4n) is 3.73. The summed E-state index contributed by atoms with van der Waals surface area (Å²) < 4.78 is 0. The SMILES string of the molecule is Cc1cc(Nc2cc(C)[nH]n2)nc(C23CC(C(=O)O)(C2)C3)n1. The van der Waals surface area contributed by atoms with E-state index in [0.717, 1.165) is 17.2 Å². The average molecular weight is 299 g/mol. The molecule has 2 bridgehead atoms. The summed E-state index contributed by atoms with van der Waals surface area (Å²) in [6.45, 7) is 3.85. The molecular formula is C15H17N5O2. The molecule has 3 aliphatic rings. The molecule has 0 unspecified atom stereocenters. The van der Waals surface area contributed by atoms with Gasteiger partial charge < -0.3 is 10.4 Å². The summed E-state index contributed by atoms with van der Waals surface area (Å²) in [5.74, 6) is 1.47. The number of hydrogen-bond donors (Lipinski definition) is 3. The van der Waals surface area contributed by atoms with Crippen molar-refractivity contribution in [3.8, 4) is 0 Å². The number of hydrogen-bond acceptors (Lipinski definition) is 5. The van der Waals surface area contributed by atoms with Gasteiger partial charge in [-0.1, -0.05) is 0 Å². The Morgan fingerprint density at radius 1 is 1.23 bits per heavy atom. The Kier molecular flexibility index (Phi) is 2.44. The highest BCUT2D eigenvalue weighted by Crippen LogP contribution is 2.73. The van der Waals surface area contributed by atoms with Crippen LogP contribution < -0.4 is 5.32 Å². The van der Waals surface area contributed by atoms with Gasteiger partial charge in [-0.25, -0.2) is 9.97 Å². The normalized spacial score (nSPS) is 28.6. The molecule has 3 N–H and O–H groups in total. The van der Waals surface area contributed by atoms with Crippen LogP contribution in [0.25, 0.3) is 0 Å². The second kappa shape index (κ2) is 4.06. The van der Waals surface area contributed by atoms with E-state index >= 15 is 0 Å². The number of aromatic nitrogens is 4. The Hall–Kier alpha value is -2.44. The van der Waals surface area contributed by atoms with E-state index in [-0.39, 0.29) is 5.41 Å². The number of rotatable bonds is 4. The van der Waals surface area contributed by atoms with E-state index in [4.69, 9.17) is 0 Å². The van der Waals surface area contributed by atoms with Crippen LogP contribution in [0, 0.1) is 19.3 Å². The van der Waals surface area contributed by atoms with E-state index in [1.54, 1.807) is 0 Å². The highest BCUT2D eigenvalue weighted by Gasteiger charge is 2.73. The number of anilines is 2. The maximum Gasteiger partial charge on any atom is 0.309 e. The van der Waals surface area contributed by atoms with Crippen molar-refractivity contribution < 1.29 is 9.90 Å². The van der Waals surface area contributed by atoms with Crippen LogP contribution in [-0.2, 0) is 10.2 Å². The van der Waals surface area contributed by atoms with Crippen LogP contribution >= 0.6 is 0 Å². The summed E-state index contributed by atoms with van der Waals surface area (Å²) >= 11 is 0. The molecule has 3 saturated carbocycles. The molecule has 0 spiro atoms. The van der Waals surface area contributed by atoms with Gasteiger partial charge in [-0.05, 0) is 33.1 Å². The first-order valence-electron chi connectivity index (χ1n) is 7.30. The molecule has 0 aromatic carbocycles. The lowest BCUT2D eigenvalue weighted by molar-refractivity contribution is -0.196. The standard InChI is InChI=1S/C15H17N5O2/c1-8-3-10(17-11-4-9(2)19-20-11)18-12(16-8)14-5-15(6-14,7-14)13(21)22/h3-4H,5-7H2,1-2H3,(H,21,22)(H2,16,17,18,19,20). The molecule has 0 radical (unpaired) electrons. The van der Waals surface area contributed by atoms with Crippen molar-refractivity contribution in [3.05, 3.63) is 29.3 Å². The maximum absolute atomic E-state index is 11.2. The third-order valence-electron chi connectivity index (χ3n) is 4.77. The second-order valence-corrected chi connectivity index (χ2v) is 6.68. The van der Waals surface area contributed by atoms with Gasteiger partial charge in [0.1, 0.15) is 11.6 Å². The number of aryl methyl sites for hydroxylation is 2. The Morgan fingerprint density at radius 2 is 1.95 bits per heavy atom. The largest absolute Gasteiger partial charge is 0.481 e. The third kappa shape index (κ3) is 1.74. The summed E-state index contributed by atoms with van der Waals surface area (Å²) in [5, 5.41) is 19.4. The van der Waals surface area contributed by atoms with Crippen molar-refractivity contribution in [2.45, 2.75) is 38.5 Å². The van der Waals surface area contributed by atoms with Gasteiger partial charge in [0.2, 0.25) is 0 Å². The minimum atomic E-state index is -0.688. The summed E-state index contributed by atoms with van der Waals surface area (Å²) in [6, 6.07) is 3.77. The van der Waals surface area contributed by atoms with Crippen molar-refractivity contribution >= 4 is 17.6 Å². The predicted octanol–water partition coefficient (Wildman–Crippen LogP) is 2.07. The number of carbonyl (C=O) groups is 1. The number of carboxylic acid groups (broad SMARTS) is 1. The predicted molar refractivity (Wildman–Crippen MR) is 79.0 cm³/mol.